The van der Waals surface area contributed by atoms with E-state index in [1.165, 1.54) is 11.3 Å². The number of anilines is 1. The lowest BCUT2D eigenvalue weighted by atomic mass is 10.3. The van der Waals surface area contributed by atoms with E-state index in [4.69, 9.17) is 4.52 Å². The molecule has 0 bridgehead atoms. The SMILES string of the molecule is Cc1noc(CN2CCN(c3sc([N+](=O)[O-])cc3C)CC2)n1. The lowest BCUT2D eigenvalue weighted by Gasteiger charge is -2.34. The lowest BCUT2D eigenvalue weighted by Crippen LogP contribution is -2.45. The summed E-state index contributed by atoms with van der Waals surface area (Å²) in [5.41, 5.74) is 0.970. The molecule has 8 nitrogen and oxygen atoms in total. The van der Waals surface area contributed by atoms with Crippen LogP contribution in [0.4, 0.5) is 10.0 Å². The minimum absolute atomic E-state index is 0.205. The van der Waals surface area contributed by atoms with Crippen LogP contribution in [0.5, 0.6) is 0 Å². The highest BCUT2D eigenvalue weighted by Crippen LogP contribution is 2.36. The summed E-state index contributed by atoms with van der Waals surface area (Å²) in [6, 6.07) is 1.65. The van der Waals surface area contributed by atoms with Gasteiger partial charge in [-0.3, -0.25) is 15.0 Å². The Balaban J connectivity index is 1.60. The predicted octanol–water partition coefficient (Wildman–Crippen LogP) is 1.98. The van der Waals surface area contributed by atoms with E-state index >= 15 is 0 Å². The zero-order valence-corrected chi connectivity index (χ0v) is 13.3. The van der Waals surface area contributed by atoms with Crippen LogP contribution in [0.2, 0.25) is 0 Å². The number of piperazine rings is 1. The molecular formula is C13H17N5O3S. The van der Waals surface area contributed by atoms with Crippen molar-refractivity contribution in [3.05, 3.63) is 33.5 Å². The normalized spacial score (nSPS) is 16.2. The quantitative estimate of drug-likeness (QED) is 0.628. The maximum absolute atomic E-state index is 10.9. The van der Waals surface area contributed by atoms with E-state index in [1.54, 1.807) is 13.0 Å². The Morgan fingerprint density at radius 3 is 2.64 bits per heavy atom. The van der Waals surface area contributed by atoms with Gasteiger partial charge in [0.1, 0.15) is 5.00 Å². The predicted molar refractivity (Wildman–Crippen MR) is 82.2 cm³/mol. The fraction of sp³-hybridized carbons (Fsp3) is 0.538. The Bertz CT molecular complexity index is 675. The largest absolute Gasteiger partial charge is 0.360 e. The van der Waals surface area contributed by atoms with Crippen LogP contribution in [0.15, 0.2) is 10.6 Å². The molecule has 118 valence electrons. The molecule has 2 aromatic heterocycles. The van der Waals surface area contributed by atoms with E-state index in [1.807, 2.05) is 6.92 Å². The maximum atomic E-state index is 10.9. The van der Waals surface area contributed by atoms with E-state index in [9.17, 15) is 10.1 Å². The molecule has 3 rings (SSSR count). The number of aryl methyl sites for hydroxylation is 2. The van der Waals surface area contributed by atoms with Crippen LogP contribution < -0.4 is 4.90 Å². The van der Waals surface area contributed by atoms with Crippen LogP contribution in [-0.2, 0) is 6.54 Å². The third-order valence-corrected chi connectivity index (χ3v) is 4.90. The number of nitro groups is 1. The number of aromatic nitrogens is 2. The van der Waals surface area contributed by atoms with Crippen molar-refractivity contribution in [2.45, 2.75) is 20.4 Å². The Morgan fingerprint density at radius 1 is 1.36 bits per heavy atom. The minimum atomic E-state index is -0.324. The van der Waals surface area contributed by atoms with Gasteiger partial charge in [0, 0.05) is 32.2 Å². The highest BCUT2D eigenvalue weighted by atomic mass is 32.1. The first kappa shape index (κ1) is 14.9. The van der Waals surface area contributed by atoms with Gasteiger partial charge in [0.05, 0.1) is 11.5 Å². The summed E-state index contributed by atoms with van der Waals surface area (Å²) in [5.74, 6) is 1.28. The molecule has 0 saturated carbocycles. The number of thiophene rings is 1. The standard InChI is InChI=1S/C13H17N5O3S/c1-9-7-12(18(19)20)22-13(9)17-5-3-16(4-6-17)8-11-14-10(2)15-21-11/h7H,3-6,8H2,1-2H3. The fourth-order valence-corrected chi connectivity index (χ4v) is 3.60. The van der Waals surface area contributed by atoms with Crippen LogP contribution in [0.3, 0.4) is 0 Å². The van der Waals surface area contributed by atoms with Crippen molar-refractivity contribution in [2.24, 2.45) is 0 Å². The molecule has 0 amide bonds. The van der Waals surface area contributed by atoms with Crippen LogP contribution in [0.25, 0.3) is 0 Å². The first-order valence-corrected chi connectivity index (χ1v) is 7.86. The molecule has 0 aliphatic carbocycles. The van der Waals surface area contributed by atoms with Gasteiger partial charge in [0.15, 0.2) is 5.82 Å². The third kappa shape index (κ3) is 3.09. The zero-order valence-electron chi connectivity index (χ0n) is 12.5. The molecule has 1 aliphatic heterocycles. The van der Waals surface area contributed by atoms with Crippen molar-refractivity contribution < 1.29 is 9.45 Å². The summed E-state index contributed by atoms with van der Waals surface area (Å²) in [6.07, 6.45) is 0. The first-order chi connectivity index (χ1) is 10.5. The van der Waals surface area contributed by atoms with Gasteiger partial charge in [-0.05, 0) is 30.7 Å². The van der Waals surface area contributed by atoms with Gasteiger partial charge in [-0.15, -0.1) is 0 Å². The summed E-state index contributed by atoms with van der Waals surface area (Å²) < 4.78 is 5.14. The van der Waals surface area contributed by atoms with Crippen LogP contribution in [0, 0.1) is 24.0 Å². The Labute approximate surface area is 131 Å². The third-order valence-electron chi connectivity index (χ3n) is 3.65. The molecule has 0 atom stereocenters. The molecule has 0 spiro atoms. The van der Waals surface area contributed by atoms with Crippen LogP contribution >= 0.6 is 11.3 Å². The average molecular weight is 323 g/mol. The van der Waals surface area contributed by atoms with Crippen molar-refractivity contribution in [2.75, 3.05) is 31.1 Å². The Hall–Kier alpha value is -2.00. The molecule has 2 aromatic rings. The number of nitrogens with zero attached hydrogens (tertiary/aromatic N) is 5. The highest BCUT2D eigenvalue weighted by Gasteiger charge is 2.23. The molecule has 1 aliphatic rings. The first-order valence-electron chi connectivity index (χ1n) is 7.04. The molecule has 1 saturated heterocycles. The van der Waals surface area contributed by atoms with Gasteiger partial charge in [-0.1, -0.05) is 5.16 Å². The second kappa shape index (κ2) is 6.01. The molecule has 22 heavy (non-hydrogen) atoms. The van der Waals surface area contributed by atoms with E-state index in [0.717, 1.165) is 36.7 Å². The molecular weight excluding hydrogens is 306 g/mol. The second-order valence-electron chi connectivity index (χ2n) is 5.33. The minimum Gasteiger partial charge on any atom is -0.360 e. The number of rotatable bonds is 4. The van der Waals surface area contributed by atoms with Crippen molar-refractivity contribution in [3.63, 3.8) is 0 Å². The smallest absolute Gasteiger partial charge is 0.326 e. The highest BCUT2D eigenvalue weighted by molar-refractivity contribution is 7.19. The van der Waals surface area contributed by atoms with Gasteiger partial charge in [-0.25, -0.2) is 0 Å². The van der Waals surface area contributed by atoms with Gasteiger partial charge < -0.3 is 9.42 Å². The summed E-state index contributed by atoms with van der Waals surface area (Å²) in [5, 5.41) is 15.9. The van der Waals surface area contributed by atoms with Gasteiger partial charge in [-0.2, -0.15) is 4.98 Å². The zero-order chi connectivity index (χ0) is 15.7. The summed E-state index contributed by atoms with van der Waals surface area (Å²) >= 11 is 1.25. The van der Waals surface area contributed by atoms with E-state index in [2.05, 4.69) is 19.9 Å². The number of hydrogen-bond acceptors (Lipinski definition) is 8. The van der Waals surface area contributed by atoms with Gasteiger partial charge >= 0.3 is 5.00 Å². The molecule has 0 unspecified atom stereocenters. The Kier molecular flexibility index (Phi) is 4.08. The molecule has 3 heterocycles. The molecule has 0 aromatic carbocycles. The van der Waals surface area contributed by atoms with Gasteiger partial charge in [0.25, 0.3) is 0 Å². The van der Waals surface area contributed by atoms with Crippen molar-refractivity contribution in [1.82, 2.24) is 15.0 Å². The summed E-state index contributed by atoms with van der Waals surface area (Å²) in [4.78, 5) is 19.2. The van der Waals surface area contributed by atoms with Crippen molar-refractivity contribution in [1.29, 1.82) is 0 Å². The van der Waals surface area contributed by atoms with Gasteiger partial charge in [0.2, 0.25) is 5.89 Å². The molecule has 9 heteroatoms. The average Bonchev–Trinajstić information content (AvgIpc) is 3.06. The second-order valence-corrected chi connectivity index (χ2v) is 6.34. The van der Waals surface area contributed by atoms with Crippen LogP contribution in [-0.4, -0.2) is 46.1 Å². The maximum Gasteiger partial charge on any atom is 0.326 e. The Morgan fingerprint density at radius 2 is 2.09 bits per heavy atom. The monoisotopic (exact) mass is 323 g/mol. The lowest BCUT2D eigenvalue weighted by molar-refractivity contribution is -0.380. The fourth-order valence-electron chi connectivity index (χ4n) is 2.56. The summed E-state index contributed by atoms with van der Waals surface area (Å²) in [6.45, 7) is 7.79. The summed E-state index contributed by atoms with van der Waals surface area (Å²) in [7, 11) is 0. The van der Waals surface area contributed by atoms with Crippen molar-refractivity contribution >= 4 is 21.3 Å². The van der Waals surface area contributed by atoms with Crippen molar-refractivity contribution in [3.8, 4) is 0 Å². The molecule has 0 radical (unpaired) electrons. The molecule has 0 N–H and O–H groups in total. The van der Waals surface area contributed by atoms with E-state index in [0.29, 0.717) is 18.3 Å². The topological polar surface area (TPSA) is 88.5 Å². The molecule has 1 fully saturated rings. The van der Waals surface area contributed by atoms with E-state index in [-0.39, 0.29) is 9.92 Å². The number of hydrogen-bond donors (Lipinski definition) is 0. The van der Waals surface area contributed by atoms with Crippen LogP contribution in [0.1, 0.15) is 17.3 Å². The van der Waals surface area contributed by atoms with E-state index < -0.39 is 0 Å².